The van der Waals surface area contributed by atoms with Crippen LogP contribution in [0.15, 0.2) is 58.8 Å². The van der Waals surface area contributed by atoms with E-state index in [1.807, 2.05) is 6.07 Å². The van der Waals surface area contributed by atoms with Gasteiger partial charge in [0.1, 0.15) is 11.3 Å². The highest BCUT2D eigenvalue weighted by Crippen LogP contribution is 2.23. The predicted molar refractivity (Wildman–Crippen MR) is 150 cm³/mol. The zero-order chi connectivity index (χ0) is 29.4. The number of ketones is 1. The number of hydrogen-bond acceptors (Lipinski definition) is 9. The van der Waals surface area contributed by atoms with Gasteiger partial charge in [0.15, 0.2) is 5.78 Å². The first-order valence-corrected chi connectivity index (χ1v) is 15.3. The minimum absolute atomic E-state index is 0.0546. The molecule has 40 heavy (non-hydrogen) atoms. The van der Waals surface area contributed by atoms with Crippen molar-refractivity contribution in [3.05, 3.63) is 80.5 Å². The summed E-state index contributed by atoms with van der Waals surface area (Å²) in [5, 5.41) is 32.3. The van der Waals surface area contributed by atoms with Crippen LogP contribution in [-0.4, -0.2) is 59.2 Å². The molecule has 1 atom stereocenters. The number of rotatable bonds is 14. The number of thioether (sulfide) groups is 1. The van der Waals surface area contributed by atoms with E-state index in [4.69, 9.17) is 16.7 Å². The highest BCUT2D eigenvalue weighted by atomic mass is 35.5. The smallest absolute Gasteiger partial charge is 0.339 e. The lowest BCUT2D eigenvalue weighted by Gasteiger charge is -2.15. The summed E-state index contributed by atoms with van der Waals surface area (Å²) in [5.41, 5.74) is 0.338. The maximum Gasteiger partial charge on any atom is 0.339 e. The first kappa shape index (κ1) is 31.1. The van der Waals surface area contributed by atoms with Crippen LogP contribution in [0.4, 0.5) is 0 Å². The number of carbonyl (C=O) groups is 4. The fraction of sp³-hybridized carbons (Fsp3) is 0.200. The van der Waals surface area contributed by atoms with Gasteiger partial charge in [-0.15, -0.1) is 23.1 Å². The molecule has 0 spiro atoms. The number of aromatic hydroxyl groups is 1. The van der Waals surface area contributed by atoms with Gasteiger partial charge in [0.25, 0.3) is 5.91 Å². The number of amides is 1. The number of Topliss-reactive ketones (excluding diaryl/α,β-unsaturated/α-hetero) is 1. The average Bonchev–Trinajstić information content (AvgIpc) is 3.37. The van der Waals surface area contributed by atoms with Crippen LogP contribution in [0.1, 0.15) is 37.6 Å². The number of carbonyl (C=O) groups excluding carboxylic acids is 2. The molecule has 0 bridgehead atoms. The highest BCUT2D eigenvalue weighted by molar-refractivity contribution is 7.99. The molecule has 0 saturated carbocycles. The monoisotopic (exact) mass is 626 g/mol. The first-order valence-electron chi connectivity index (χ1n) is 11.4. The Labute approximate surface area is 242 Å². The summed E-state index contributed by atoms with van der Waals surface area (Å²) in [6.45, 7) is -0.236. The second kappa shape index (κ2) is 13.8. The van der Waals surface area contributed by atoms with Crippen LogP contribution in [0.2, 0.25) is 5.02 Å². The third-order valence-corrected chi connectivity index (χ3v) is 9.10. The van der Waals surface area contributed by atoms with Gasteiger partial charge in [0.05, 0.1) is 28.7 Å². The van der Waals surface area contributed by atoms with E-state index in [-0.39, 0.29) is 22.8 Å². The van der Waals surface area contributed by atoms with Crippen LogP contribution in [0.25, 0.3) is 0 Å². The zero-order valence-electron chi connectivity index (χ0n) is 20.5. The van der Waals surface area contributed by atoms with E-state index in [2.05, 4.69) is 10.0 Å². The standard InChI is InChI=1S/C25H23ClN2O9S3/c26-19-4-2-1-3-14(19)11-38-13-22(30)20(9-23(31)32)28-24(33)15-7-16(39-12-15)10-27-40(36,37)17-5-6-21(29)18(8-17)25(34)35/h1-8,12,20,27,29H,9-11,13H2,(H,28,33)(H,31,32)(H,34,35). The fourth-order valence-corrected chi connectivity index (χ4v) is 6.52. The van der Waals surface area contributed by atoms with Crippen molar-refractivity contribution in [3.63, 3.8) is 0 Å². The maximum atomic E-state index is 12.8. The van der Waals surface area contributed by atoms with Crippen LogP contribution >= 0.6 is 34.7 Å². The molecule has 3 rings (SSSR count). The Morgan fingerprint density at radius 1 is 1.05 bits per heavy atom. The molecule has 3 aromatic rings. The van der Waals surface area contributed by atoms with E-state index in [9.17, 15) is 37.8 Å². The van der Waals surface area contributed by atoms with Crippen molar-refractivity contribution >= 4 is 68.4 Å². The van der Waals surface area contributed by atoms with Crippen LogP contribution in [-0.2, 0) is 31.9 Å². The van der Waals surface area contributed by atoms with E-state index in [0.717, 1.165) is 35.1 Å². The quantitative estimate of drug-likeness (QED) is 0.177. The second-order valence-electron chi connectivity index (χ2n) is 8.28. The van der Waals surface area contributed by atoms with Crippen molar-refractivity contribution in [1.29, 1.82) is 0 Å². The van der Waals surface area contributed by atoms with Gasteiger partial charge >= 0.3 is 11.9 Å². The molecule has 0 radical (unpaired) electrons. The zero-order valence-corrected chi connectivity index (χ0v) is 23.7. The third kappa shape index (κ3) is 8.53. The largest absolute Gasteiger partial charge is 0.507 e. The Balaban J connectivity index is 1.61. The Kier molecular flexibility index (Phi) is 10.7. The van der Waals surface area contributed by atoms with Gasteiger partial charge in [-0.05, 0) is 35.9 Å². The lowest BCUT2D eigenvalue weighted by Crippen LogP contribution is -2.43. The molecule has 1 aromatic heterocycles. The van der Waals surface area contributed by atoms with Crippen molar-refractivity contribution < 1.29 is 42.9 Å². The van der Waals surface area contributed by atoms with E-state index >= 15 is 0 Å². The summed E-state index contributed by atoms with van der Waals surface area (Å²) in [4.78, 5) is 48.0. The van der Waals surface area contributed by atoms with Gasteiger partial charge in [-0.1, -0.05) is 29.8 Å². The number of thiophene rings is 1. The molecule has 2 aromatic carbocycles. The van der Waals surface area contributed by atoms with Crippen molar-refractivity contribution in [1.82, 2.24) is 10.0 Å². The molecule has 0 aliphatic heterocycles. The summed E-state index contributed by atoms with van der Waals surface area (Å²) in [5.74, 6) is -4.17. The van der Waals surface area contributed by atoms with Gasteiger partial charge < -0.3 is 20.6 Å². The van der Waals surface area contributed by atoms with Crippen molar-refractivity contribution in [2.45, 2.75) is 29.7 Å². The summed E-state index contributed by atoms with van der Waals surface area (Å²) in [7, 11) is -4.16. The molecule has 11 nitrogen and oxygen atoms in total. The second-order valence-corrected chi connectivity index (χ2v) is 12.4. The maximum absolute atomic E-state index is 12.8. The van der Waals surface area contributed by atoms with E-state index < -0.39 is 57.4 Å². The van der Waals surface area contributed by atoms with Crippen molar-refractivity contribution in [3.8, 4) is 5.75 Å². The Bertz CT molecular complexity index is 1540. The molecule has 5 N–H and O–H groups in total. The Morgan fingerprint density at radius 3 is 2.45 bits per heavy atom. The lowest BCUT2D eigenvalue weighted by atomic mass is 10.1. The van der Waals surface area contributed by atoms with Gasteiger partial charge in [-0.3, -0.25) is 14.4 Å². The minimum Gasteiger partial charge on any atom is -0.507 e. The van der Waals surface area contributed by atoms with Gasteiger partial charge in [-0.2, -0.15) is 0 Å². The third-order valence-electron chi connectivity index (χ3n) is 5.39. The number of phenols is 1. The Hall–Kier alpha value is -3.43. The summed E-state index contributed by atoms with van der Waals surface area (Å²) < 4.78 is 27.5. The minimum atomic E-state index is -4.16. The average molecular weight is 627 g/mol. The molecular weight excluding hydrogens is 604 g/mol. The number of halogens is 1. The first-order chi connectivity index (χ1) is 18.9. The summed E-state index contributed by atoms with van der Waals surface area (Å²) in [6.07, 6.45) is -0.612. The molecule has 15 heteroatoms. The predicted octanol–water partition coefficient (Wildman–Crippen LogP) is 3.36. The molecule has 1 amide bonds. The number of aliphatic carboxylic acids is 1. The van der Waals surface area contributed by atoms with Crippen molar-refractivity contribution in [2.75, 3.05) is 5.75 Å². The van der Waals surface area contributed by atoms with Crippen LogP contribution in [0.5, 0.6) is 5.75 Å². The van der Waals surface area contributed by atoms with Crippen LogP contribution < -0.4 is 10.0 Å². The number of carboxylic acids is 2. The molecule has 212 valence electrons. The Morgan fingerprint density at radius 2 is 1.77 bits per heavy atom. The number of sulfonamides is 1. The summed E-state index contributed by atoms with van der Waals surface area (Å²) in [6, 6.07) is 10.0. The molecule has 1 heterocycles. The van der Waals surface area contributed by atoms with Crippen LogP contribution in [0.3, 0.4) is 0 Å². The van der Waals surface area contributed by atoms with Gasteiger partial charge in [0.2, 0.25) is 10.0 Å². The molecule has 0 saturated heterocycles. The number of aromatic carboxylic acids is 1. The highest BCUT2D eigenvalue weighted by Gasteiger charge is 2.25. The molecular formula is C25H23ClN2O9S3. The number of carboxylic acid groups (broad SMARTS) is 2. The van der Waals surface area contributed by atoms with Crippen molar-refractivity contribution in [2.24, 2.45) is 0 Å². The van der Waals surface area contributed by atoms with Gasteiger partial charge in [0, 0.05) is 27.6 Å². The van der Waals surface area contributed by atoms with Gasteiger partial charge in [-0.25, -0.2) is 17.9 Å². The molecule has 0 aliphatic carbocycles. The topological polar surface area (TPSA) is 187 Å². The number of benzene rings is 2. The fourth-order valence-electron chi connectivity index (χ4n) is 3.33. The molecule has 1 unspecified atom stereocenters. The van der Waals surface area contributed by atoms with E-state index in [1.165, 1.54) is 23.2 Å². The van der Waals surface area contributed by atoms with E-state index in [1.54, 1.807) is 18.2 Å². The normalized spacial score (nSPS) is 12.0. The number of hydrogen-bond donors (Lipinski definition) is 5. The number of nitrogens with one attached hydrogen (secondary N) is 2. The van der Waals surface area contributed by atoms with Crippen LogP contribution in [0, 0.1) is 0 Å². The summed E-state index contributed by atoms with van der Waals surface area (Å²) >= 11 is 8.39. The molecule has 0 aliphatic rings. The lowest BCUT2D eigenvalue weighted by molar-refractivity contribution is -0.139. The SMILES string of the molecule is O=C(O)CC(NC(=O)c1csc(CNS(=O)(=O)c2ccc(O)c(C(=O)O)c2)c1)C(=O)CSCc1ccccc1Cl. The molecule has 0 fully saturated rings. The van der Waals surface area contributed by atoms with E-state index in [0.29, 0.717) is 15.7 Å².